The molecule has 2 nitrogen and oxygen atoms in total. The van der Waals surface area contributed by atoms with Crippen molar-refractivity contribution in [3.63, 3.8) is 0 Å². The monoisotopic (exact) mass is 663 g/mol. The number of benzene rings is 9. The zero-order valence-corrected chi connectivity index (χ0v) is 28.4. The second-order valence-corrected chi connectivity index (χ2v) is 13.4. The SMILES string of the molecule is c1ccc(-c2cccc(N(c3ccc4ccc(-c5ccc(-c6ccc7ccccc7c6)cc5)cc4c3)c3ccc4c(c3)oc3ccccc34)c2)cc1. The van der Waals surface area contributed by atoms with Gasteiger partial charge in [-0.2, -0.15) is 0 Å². The van der Waals surface area contributed by atoms with Crippen molar-refractivity contribution in [3.8, 4) is 33.4 Å². The molecule has 10 aromatic rings. The van der Waals surface area contributed by atoms with Crippen LogP contribution in [0.4, 0.5) is 17.1 Å². The Labute approximate surface area is 302 Å². The van der Waals surface area contributed by atoms with Gasteiger partial charge in [0.1, 0.15) is 11.2 Å². The molecule has 0 aliphatic rings. The van der Waals surface area contributed by atoms with E-state index in [0.717, 1.165) is 39.0 Å². The van der Waals surface area contributed by atoms with Crippen LogP contribution < -0.4 is 4.90 Å². The van der Waals surface area contributed by atoms with E-state index >= 15 is 0 Å². The summed E-state index contributed by atoms with van der Waals surface area (Å²) in [5, 5.41) is 7.15. The van der Waals surface area contributed by atoms with Gasteiger partial charge in [-0.1, -0.05) is 140 Å². The van der Waals surface area contributed by atoms with Gasteiger partial charge in [0, 0.05) is 33.9 Å². The smallest absolute Gasteiger partial charge is 0.137 e. The van der Waals surface area contributed by atoms with E-state index in [0.29, 0.717) is 0 Å². The summed E-state index contributed by atoms with van der Waals surface area (Å²) in [6.45, 7) is 0. The van der Waals surface area contributed by atoms with Crippen molar-refractivity contribution in [3.05, 3.63) is 200 Å². The lowest BCUT2D eigenvalue weighted by Crippen LogP contribution is -2.10. The lowest BCUT2D eigenvalue weighted by atomic mass is 9.97. The van der Waals surface area contributed by atoms with Gasteiger partial charge >= 0.3 is 0 Å². The van der Waals surface area contributed by atoms with Crippen LogP contribution in [0, 0.1) is 0 Å². The Kier molecular flexibility index (Phi) is 7.18. The molecular weight excluding hydrogens is 631 g/mol. The van der Waals surface area contributed by atoms with E-state index < -0.39 is 0 Å². The quantitative estimate of drug-likeness (QED) is 0.176. The van der Waals surface area contributed by atoms with Crippen molar-refractivity contribution in [1.82, 2.24) is 0 Å². The molecule has 0 aliphatic carbocycles. The van der Waals surface area contributed by atoms with Crippen LogP contribution in [-0.2, 0) is 0 Å². The van der Waals surface area contributed by atoms with Crippen LogP contribution in [-0.4, -0.2) is 0 Å². The molecule has 0 saturated heterocycles. The third-order valence-electron chi connectivity index (χ3n) is 10.2. The molecule has 244 valence electrons. The fraction of sp³-hybridized carbons (Fsp3) is 0. The zero-order valence-electron chi connectivity index (χ0n) is 28.4. The van der Waals surface area contributed by atoms with Gasteiger partial charge in [0.25, 0.3) is 0 Å². The minimum absolute atomic E-state index is 0.873. The number of anilines is 3. The van der Waals surface area contributed by atoms with Crippen molar-refractivity contribution >= 4 is 60.5 Å². The van der Waals surface area contributed by atoms with Gasteiger partial charge in [0.2, 0.25) is 0 Å². The van der Waals surface area contributed by atoms with Crippen LogP contribution in [0.5, 0.6) is 0 Å². The highest BCUT2D eigenvalue weighted by atomic mass is 16.3. The highest BCUT2D eigenvalue weighted by Gasteiger charge is 2.17. The third-order valence-corrected chi connectivity index (χ3v) is 10.2. The molecule has 0 spiro atoms. The Bertz CT molecular complexity index is 2900. The first-order valence-corrected chi connectivity index (χ1v) is 17.7. The van der Waals surface area contributed by atoms with E-state index in [1.165, 1.54) is 54.9 Å². The molecule has 52 heavy (non-hydrogen) atoms. The molecule has 10 rings (SSSR count). The van der Waals surface area contributed by atoms with Gasteiger partial charge < -0.3 is 9.32 Å². The van der Waals surface area contributed by atoms with Crippen molar-refractivity contribution in [1.29, 1.82) is 0 Å². The van der Waals surface area contributed by atoms with Gasteiger partial charge in [0.15, 0.2) is 0 Å². The normalized spacial score (nSPS) is 11.5. The van der Waals surface area contributed by atoms with Crippen molar-refractivity contribution < 1.29 is 4.42 Å². The number of fused-ring (bicyclic) bond motifs is 5. The molecule has 2 heteroatoms. The van der Waals surface area contributed by atoms with Crippen LogP contribution in [0.3, 0.4) is 0 Å². The van der Waals surface area contributed by atoms with Crippen LogP contribution in [0.25, 0.3) is 76.9 Å². The minimum Gasteiger partial charge on any atom is -0.456 e. The van der Waals surface area contributed by atoms with Crippen LogP contribution >= 0.6 is 0 Å². The zero-order chi connectivity index (χ0) is 34.4. The lowest BCUT2D eigenvalue weighted by molar-refractivity contribution is 0.669. The number of rotatable bonds is 6. The summed E-state index contributed by atoms with van der Waals surface area (Å²) in [4.78, 5) is 2.34. The molecule has 9 aromatic carbocycles. The molecule has 0 bridgehead atoms. The third kappa shape index (κ3) is 5.39. The summed E-state index contributed by atoms with van der Waals surface area (Å²) < 4.78 is 6.37. The van der Waals surface area contributed by atoms with Gasteiger partial charge in [-0.15, -0.1) is 0 Å². The number of hydrogen-bond acceptors (Lipinski definition) is 2. The van der Waals surface area contributed by atoms with Crippen LogP contribution in [0.1, 0.15) is 0 Å². The van der Waals surface area contributed by atoms with E-state index in [9.17, 15) is 0 Å². The number of para-hydroxylation sites is 1. The number of furan rings is 1. The molecule has 0 atom stereocenters. The molecule has 0 radical (unpaired) electrons. The molecule has 0 aliphatic heterocycles. The van der Waals surface area contributed by atoms with E-state index in [-0.39, 0.29) is 0 Å². The highest BCUT2D eigenvalue weighted by Crippen LogP contribution is 2.41. The average Bonchev–Trinajstić information content (AvgIpc) is 3.59. The van der Waals surface area contributed by atoms with Crippen molar-refractivity contribution in [2.45, 2.75) is 0 Å². The molecular formula is C50H33NO. The van der Waals surface area contributed by atoms with Gasteiger partial charge in [-0.05, 0) is 110 Å². The molecule has 0 saturated carbocycles. The predicted octanol–water partition coefficient (Wildman–Crippen LogP) is 14.4. The topological polar surface area (TPSA) is 16.4 Å². The largest absolute Gasteiger partial charge is 0.456 e. The fourth-order valence-corrected chi connectivity index (χ4v) is 7.53. The van der Waals surface area contributed by atoms with Crippen LogP contribution in [0.2, 0.25) is 0 Å². The van der Waals surface area contributed by atoms with Crippen LogP contribution in [0.15, 0.2) is 205 Å². The predicted molar refractivity (Wildman–Crippen MR) is 220 cm³/mol. The van der Waals surface area contributed by atoms with Gasteiger partial charge in [-0.25, -0.2) is 0 Å². The first kappa shape index (κ1) is 30.0. The molecule has 0 unspecified atom stereocenters. The molecule has 1 aromatic heterocycles. The van der Waals surface area contributed by atoms with E-state index in [4.69, 9.17) is 4.42 Å². The maximum atomic E-state index is 6.37. The maximum Gasteiger partial charge on any atom is 0.137 e. The standard InChI is InChI=1S/C50H33NO/c1-2-9-34(10-3-1)40-13-8-14-44(31-40)51(46-27-28-48-47-15-6-7-16-49(47)52-50(48)33-46)45-26-25-38-22-24-42(30-43(38)32-45)37-19-17-36(18-20-37)41-23-21-35-11-4-5-12-39(35)29-41/h1-33H. The summed E-state index contributed by atoms with van der Waals surface area (Å²) in [6, 6.07) is 71.8. The first-order chi connectivity index (χ1) is 25.7. The minimum atomic E-state index is 0.873. The summed E-state index contributed by atoms with van der Waals surface area (Å²) >= 11 is 0. The fourth-order valence-electron chi connectivity index (χ4n) is 7.53. The maximum absolute atomic E-state index is 6.37. The highest BCUT2D eigenvalue weighted by molar-refractivity contribution is 6.06. The number of nitrogens with zero attached hydrogens (tertiary/aromatic N) is 1. The van der Waals surface area contributed by atoms with E-state index in [1.807, 2.05) is 12.1 Å². The molecule has 0 amide bonds. The van der Waals surface area contributed by atoms with E-state index in [1.54, 1.807) is 0 Å². The van der Waals surface area contributed by atoms with E-state index in [2.05, 4.69) is 193 Å². The number of hydrogen-bond donors (Lipinski definition) is 0. The Morgan fingerprint density at radius 2 is 0.788 bits per heavy atom. The second-order valence-electron chi connectivity index (χ2n) is 13.4. The van der Waals surface area contributed by atoms with Gasteiger partial charge in [-0.3, -0.25) is 0 Å². The van der Waals surface area contributed by atoms with Gasteiger partial charge in [0.05, 0.1) is 0 Å². The average molecular weight is 664 g/mol. The summed E-state index contributed by atoms with van der Waals surface area (Å²) in [5.41, 5.74) is 12.2. The Morgan fingerprint density at radius 1 is 0.269 bits per heavy atom. The molecule has 0 N–H and O–H groups in total. The summed E-state index contributed by atoms with van der Waals surface area (Å²) in [7, 11) is 0. The Hall–Kier alpha value is -6.90. The van der Waals surface area contributed by atoms with Crippen molar-refractivity contribution in [2.24, 2.45) is 0 Å². The first-order valence-electron chi connectivity index (χ1n) is 17.7. The summed E-state index contributed by atoms with van der Waals surface area (Å²) in [5.74, 6) is 0. The second kappa shape index (κ2) is 12.5. The van der Waals surface area contributed by atoms with Crippen molar-refractivity contribution in [2.75, 3.05) is 4.90 Å². The molecule has 0 fully saturated rings. The molecule has 1 heterocycles. The Morgan fingerprint density at radius 3 is 1.60 bits per heavy atom. The summed E-state index contributed by atoms with van der Waals surface area (Å²) in [6.07, 6.45) is 0. The Balaban J connectivity index is 1.06. The lowest BCUT2D eigenvalue weighted by Gasteiger charge is -2.26.